The molecule has 1 aliphatic rings. The van der Waals surface area contributed by atoms with E-state index < -0.39 is 0 Å². The lowest BCUT2D eigenvalue weighted by atomic mass is 9.92. The second kappa shape index (κ2) is 11.2. The van der Waals surface area contributed by atoms with Gasteiger partial charge in [-0.1, -0.05) is 47.5 Å². The molecule has 1 rings (SSSR count). The third kappa shape index (κ3) is 7.71. The Balaban J connectivity index is 0.000000631. The number of likely N-dealkylation sites (N-methyl/N-ethyl adjacent to an activating group) is 1. The third-order valence-electron chi connectivity index (χ3n) is 3.54. The molecule has 110 valence electrons. The van der Waals surface area contributed by atoms with Crippen LogP contribution in [0.1, 0.15) is 52.4 Å². The van der Waals surface area contributed by atoms with E-state index in [-0.39, 0.29) is 7.92 Å². The fourth-order valence-corrected chi connectivity index (χ4v) is 3.51. The molecule has 1 saturated carbocycles. The van der Waals surface area contributed by atoms with Crippen LogP contribution in [0, 0.1) is 0 Å². The molecule has 0 bridgehead atoms. The normalized spacial score (nSPS) is 24.0. The minimum atomic E-state index is 0.182. The zero-order valence-electron chi connectivity index (χ0n) is 13.4. The first-order valence-electron chi connectivity index (χ1n) is 7.44. The Morgan fingerprint density at radius 3 is 2.11 bits per heavy atom. The average Bonchev–Trinajstić information content (AvgIpc) is 2.38. The van der Waals surface area contributed by atoms with E-state index >= 15 is 0 Å². The van der Waals surface area contributed by atoms with Crippen molar-refractivity contribution in [1.29, 1.82) is 0 Å². The Morgan fingerprint density at radius 1 is 1.11 bits per heavy atom. The SMILES string of the molecule is CCCC.COC1CCCCC1N(C)CP(C)C. The molecule has 18 heavy (non-hydrogen) atoms. The van der Waals surface area contributed by atoms with E-state index in [0.29, 0.717) is 12.1 Å². The van der Waals surface area contributed by atoms with Crippen LogP contribution in [-0.2, 0) is 4.74 Å². The largest absolute Gasteiger partial charge is 0.380 e. The second-order valence-electron chi connectivity index (χ2n) is 5.60. The van der Waals surface area contributed by atoms with Crippen LogP contribution in [0.5, 0.6) is 0 Å². The maximum Gasteiger partial charge on any atom is 0.0726 e. The highest BCUT2D eigenvalue weighted by molar-refractivity contribution is 7.55. The van der Waals surface area contributed by atoms with E-state index in [4.69, 9.17) is 4.74 Å². The molecule has 0 heterocycles. The van der Waals surface area contributed by atoms with Crippen LogP contribution >= 0.6 is 7.92 Å². The smallest absolute Gasteiger partial charge is 0.0726 e. The van der Waals surface area contributed by atoms with Gasteiger partial charge in [-0.25, -0.2) is 0 Å². The first-order chi connectivity index (χ1) is 8.56. The fourth-order valence-electron chi connectivity index (χ4n) is 2.41. The number of hydrogen-bond acceptors (Lipinski definition) is 2. The average molecular weight is 275 g/mol. The highest BCUT2D eigenvalue weighted by Crippen LogP contribution is 2.30. The van der Waals surface area contributed by atoms with E-state index in [0.717, 1.165) is 0 Å². The standard InChI is InChI=1S/C11H24NOP.C4H10/c1-12(9-14(3)4)10-7-5-6-8-11(10)13-2;1-3-4-2/h10-11H,5-9H2,1-4H3;3-4H2,1-2H3. The van der Waals surface area contributed by atoms with Crippen LogP contribution in [-0.4, -0.2) is 50.8 Å². The van der Waals surface area contributed by atoms with Crippen molar-refractivity contribution in [3.63, 3.8) is 0 Å². The maximum atomic E-state index is 5.57. The van der Waals surface area contributed by atoms with Crippen LogP contribution in [0.3, 0.4) is 0 Å². The molecule has 2 unspecified atom stereocenters. The molecule has 0 amide bonds. The summed E-state index contributed by atoms with van der Waals surface area (Å²) in [7, 11) is 4.29. The molecule has 0 spiro atoms. The lowest BCUT2D eigenvalue weighted by molar-refractivity contribution is 0.00404. The molecule has 0 N–H and O–H groups in total. The van der Waals surface area contributed by atoms with E-state index in [1.165, 1.54) is 44.8 Å². The van der Waals surface area contributed by atoms with Crippen LogP contribution in [0.15, 0.2) is 0 Å². The number of nitrogens with zero attached hydrogens (tertiary/aromatic N) is 1. The summed E-state index contributed by atoms with van der Waals surface area (Å²) >= 11 is 0. The van der Waals surface area contributed by atoms with E-state index in [1.807, 2.05) is 7.11 Å². The van der Waals surface area contributed by atoms with Gasteiger partial charge in [-0.3, -0.25) is 4.90 Å². The van der Waals surface area contributed by atoms with Crippen molar-refractivity contribution in [2.24, 2.45) is 0 Å². The topological polar surface area (TPSA) is 12.5 Å². The number of rotatable bonds is 5. The van der Waals surface area contributed by atoms with Crippen molar-refractivity contribution in [2.45, 2.75) is 64.5 Å². The summed E-state index contributed by atoms with van der Waals surface area (Å²) in [6.07, 6.45) is 9.65. The monoisotopic (exact) mass is 275 g/mol. The molecule has 2 nitrogen and oxygen atoms in total. The van der Waals surface area contributed by atoms with Gasteiger partial charge in [0.15, 0.2) is 0 Å². The summed E-state index contributed by atoms with van der Waals surface area (Å²) in [5.74, 6) is 0. The van der Waals surface area contributed by atoms with Gasteiger partial charge in [0.05, 0.1) is 6.10 Å². The number of hydrogen-bond donors (Lipinski definition) is 0. The first-order valence-corrected chi connectivity index (χ1v) is 9.86. The van der Waals surface area contributed by atoms with Gasteiger partial charge in [-0.15, -0.1) is 0 Å². The summed E-state index contributed by atoms with van der Waals surface area (Å²) in [6.45, 7) is 9.05. The summed E-state index contributed by atoms with van der Waals surface area (Å²) in [4.78, 5) is 2.51. The minimum absolute atomic E-state index is 0.182. The fraction of sp³-hybridized carbons (Fsp3) is 1.00. The summed E-state index contributed by atoms with van der Waals surface area (Å²) in [5, 5.41) is 0. The molecule has 0 aromatic heterocycles. The van der Waals surface area contributed by atoms with Crippen LogP contribution in [0.4, 0.5) is 0 Å². The molecular weight excluding hydrogens is 241 g/mol. The lowest BCUT2D eigenvalue weighted by Crippen LogP contribution is -2.44. The van der Waals surface area contributed by atoms with Gasteiger partial charge in [0.2, 0.25) is 0 Å². The zero-order chi connectivity index (χ0) is 14.0. The highest BCUT2D eigenvalue weighted by Gasteiger charge is 2.28. The Hall–Kier alpha value is 0.350. The molecule has 0 aliphatic heterocycles. The third-order valence-corrected chi connectivity index (χ3v) is 4.55. The predicted octanol–water partition coefficient (Wildman–Crippen LogP) is 4.38. The van der Waals surface area contributed by atoms with Gasteiger partial charge in [0, 0.05) is 19.4 Å². The Morgan fingerprint density at radius 2 is 1.67 bits per heavy atom. The minimum Gasteiger partial charge on any atom is -0.380 e. The number of unbranched alkanes of at least 4 members (excludes halogenated alkanes) is 1. The molecule has 0 saturated heterocycles. The van der Waals surface area contributed by atoms with Crippen molar-refractivity contribution in [1.82, 2.24) is 4.90 Å². The zero-order valence-corrected chi connectivity index (χ0v) is 14.3. The van der Waals surface area contributed by atoms with Crippen molar-refractivity contribution >= 4 is 7.92 Å². The second-order valence-corrected chi connectivity index (χ2v) is 8.05. The van der Waals surface area contributed by atoms with Gasteiger partial charge in [-0.2, -0.15) is 0 Å². The molecule has 0 radical (unpaired) electrons. The molecule has 1 fully saturated rings. The summed E-state index contributed by atoms with van der Waals surface area (Å²) in [6, 6.07) is 0.665. The van der Waals surface area contributed by atoms with Crippen LogP contribution < -0.4 is 0 Å². The van der Waals surface area contributed by atoms with Gasteiger partial charge in [0.1, 0.15) is 0 Å². The lowest BCUT2D eigenvalue weighted by Gasteiger charge is -2.37. The van der Waals surface area contributed by atoms with Gasteiger partial charge in [0.25, 0.3) is 0 Å². The maximum absolute atomic E-state index is 5.57. The van der Waals surface area contributed by atoms with Crippen molar-refractivity contribution in [2.75, 3.05) is 33.8 Å². The molecule has 3 heteroatoms. The highest BCUT2D eigenvalue weighted by atomic mass is 31.1. The Labute approximate surface area is 116 Å². The molecule has 1 aliphatic carbocycles. The number of methoxy groups -OCH3 is 1. The van der Waals surface area contributed by atoms with Gasteiger partial charge in [-0.05, 0) is 33.2 Å². The number of ether oxygens (including phenoxy) is 1. The predicted molar refractivity (Wildman–Crippen MR) is 85.0 cm³/mol. The van der Waals surface area contributed by atoms with Crippen molar-refractivity contribution < 1.29 is 4.74 Å². The Bertz CT molecular complexity index is 185. The summed E-state index contributed by atoms with van der Waals surface area (Å²) < 4.78 is 5.57. The van der Waals surface area contributed by atoms with Gasteiger partial charge >= 0.3 is 0 Å². The molecular formula is C15H34NOP. The summed E-state index contributed by atoms with van der Waals surface area (Å²) in [5.41, 5.74) is 0. The van der Waals surface area contributed by atoms with Crippen LogP contribution in [0.25, 0.3) is 0 Å². The molecule has 0 aromatic carbocycles. The van der Waals surface area contributed by atoms with E-state index in [9.17, 15) is 0 Å². The van der Waals surface area contributed by atoms with Crippen molar-refractivity contribution in [3.8, 4) is 0 Å². The first kappa shape index (κ1) is 18.4. The van der Waals surface area contributed by atoms with Crippen molar-refractivity contribution in [3.05, 3.63) is 0 Å². The van der Waals surface area contributed by atoms with Crippen LogP contribution in [0.2, 0.25) is 0 Å². The molecule has 0 aromatic rings. The van der Waals surface area contributed by atoms with Gasteiger partial charge < -0.3 is 4.74 Å². The van der Waals surface area contributed by atoms with E-state index in [2.05, 4.69) is 39.1 Å². The molecule has 2 atom stereocenters. The van der Waals surface area contributed by atoms with E-state index in [1.54, 1.807) is 0 Å². The Kier molecular flexibility index (Phi) is 11.4. The quantitative estimate of drug-likeness (QED) is 0.690.